The third kappa shape index (κ3) is 3.07. The Morgan fingerprint density at radius 3 is 2.06 bits per heavy atom. The smallest absolute Gasteiger partial charge is 0.106 e. The van der Waals surface area contributed by atoms with Gasteiger partial charge >= 0.3 is 0 Å². The number of rotatable bonds is 3. The highest BCUT2D eigenvalue weighted by Gasteiger charge is 2.68. The molecule has 0 aliphatic carbocycles. The van der Waals surface area contributed by atoms with Crippen LogP contribution in [0.4, 0.5) is 0 Å². The lowest BCUT2D eigenvalue weighted by Crippen LogP contribution is -2.48. The molecule has 4 aliphatic heterocycles. The van der Waals surface area contributed by atoms with Gasteiger partial charge < -0.3 is 0 Å². The van der Waals surface area contributed by atoms with E-state index >= 15 is 0 Å². The molecule has 4 saturated heterocycles. The second-order valence-electron chi connectivity index (χ2n) is 3.46. The molecule has 3 atom stereocenters. The van der Waals surface area contributed by atoms with E-state index in [1.165, 1.54) is 0 Å². The Morgan fingerprint density at radius 2 is 1.59 bits per heavy atom. The van der Waals surface area contributed by atoms with Crippen LogP contribution in [0.15, 0.2) is 0 Å². The van der Waals surface area contributed by atoms with E-state index in [0.717, 1.165) is 11.8 Å². The van der Waals surface area contributed by atoms with Crippen molar-refractivity contribution < 1.29 is 0 Å². The van der Waals surface area contributed by atoms with Gasteiger partial charge in [0, 0.05) is 10.2 Å². The molecular weight excluding hydrogens is 596 g/mol. The van der Waals surface area contributed by atoms with E-state index in [1.807, 2.05) is 35.3 Å². The number of halogens is 4. The van der Waals surface area contributed by atoms with Gasteiger partial charge in [-0.15, -0.1) is 11.8 Å². The second-order valence-corrected chi connectivity index (χ2v) is 22.4. The lowest BCUT2D eigenvalue weighted by molar-refractivity contribution is 0.891. The van der Waals surface area contributed by atoms with E-state index in [-0.39, 0.29) is 8.05 Å². The van der Waals surface area contributed by atoms with Gasteiger partial charge in [0.15, 0.2) is 4.64 Å². The van der Waals surface area contributed by atoms with Crippen molar-refractivity contribution in [1.82, 2.24) is 0 Å². The Balaban J connectivity index is 1.92. The molecule has 0 aromatic rings. The first-order valence-corrected chi connectivity index (χ1v) is 13.3. The lowest BCUT2D eigenvalue weighted by Gasteiger charge is -2.60. The van der Waals surface area contributed by atoms with Crippen LogP contribution in [-0.4, -0.2) is 22.1 Å². The van der Waals surface area contributed by atoms with E-state index in [0.29, 0.717) is 8.74 Å². The minimum Gasteiger partial charge on any atom is -0.106 e. The topological polar surface area (TPSA) is 0 Å². The minimum absolute atomic E-state index is 0.112. The van der Waals surface area contributed by atoms with Crippen molar-refractivity contribution in [3.05, 3.63) is 0 Å². The summed E-state index contributed by atoms with van der Waals surface area (Å²) >= 11 is 27.6. The molecule has 0 spiro atoms. The highest BCUT2D eigenvalue weighted by Crippen LogP contribution is 2.88. The Bertz CT molecular complexity index is 324. The normalized spacial score (nSPS) is 54.0. The van der Waals surface area contributed by atoms with Gasteiger partial charge in [-0.1, -0.05) is 90.7 Å². The summed E-state index contributed by atoms with van der Waals surface area (Å²) in [4.78, 5) is 0.522. The molecule has 0 nitrogen and oxygen atoms in total. The van der Waals surface area contributed by atoms with Crippen LogP contribution in [0, 0.1) is 0 Å². The predicted molar refractivity (Wildman–Crippen MR) is 107 cm³/mol. The number of hydrogen-bond acceptors (Lipinski definition) is 6. The largest absolute Gasteiger partial charge is 0.169 e. The SMILES string of the molecule is BrCCC(Br)C12SC3SC(Br)(SC(Br)(S3)S1)S2. The zero-order chi connectivity index (χ0) is 12.3. The molecular formula is C7H6Br4S6. The zero-order valence-corrected chi connectivity index (χ0v) is 19.3. The van der Waals surface area contributed by atoms with Crippen LogP contribution in [0.1, 0.15) is 6.42 Å². The van der Waals surface area contributed by atoms with Crippen molar-refractivity contribution in [2.24, 2.45) is 0 Å². The summed E-state index contributed by atoms with van der Waals surface area (Å²) in [5.41, 5.74) is 0. The Kier molecular flexibility index (Phi) is 5.22. The Hall–Kier alpha value is 4.02. The van der Waals surface area contributed by atoms with E-state index in [1.54, 1.807) is 0 Å². The standard InChI is InChI=1S/C7H6Br4S6/c8-2-1-3(9)5-12-4-13-6(10,15-5)17-7(11,14-4)16-5/h3-4H,1-2H2. The predicted octanol–water partition coefficient (Wildman–Crippen LogP) is 6.92. The molecule has 4 heterocycles. The number of hydrogen-bond donors (Lipinski definition) is 0. The van der Waals surface area contributed by atoms with Gasteiger partial charge in [0.25, 0.3) is 0 Å². The Labute approximate surface area is 160 Å². The Morgan fingerprint density at radius 1 is 1.00 bits per heavy atom. The monoisotopic (exact) mass is 598 g/mol. The molecule has 0 radical (unpaired) electrons. The number of alkyl halides is 4. The molecule has 4 bridgehead atoms. The van der Waals surface area contributed by atoms with Crippen molar-refractivity contribution in [2.45, 2.75) is 23.2 Å². The maximum absolute atomic E-state index is 3.93. The average molecular weight is 602 g/mol. The van der Waals surface area contributed by atoms with Crippen LogP contribution >= 0.6 is 134 Å². The maximum Gasteiger partial charge on any atom is 0.169 e. The third-order valence-electron chi connectivity index (χ3n) is 2.25. The van der Waals surface area contributed by atoms with Crippen molar-refractivity contribution in [3.8, 4) is 0 Å². The summed E-state index contributed by atoms with van der Waals surface area (Å²) in [6, 6.07) is 0. The van der Waals surface area contributed by atoms with E-state index in [9.17, 15) is 0 Å². The van der Waals surface area contributed by atoms with Crippen molar-refractivity contribution in [3.63, 3.8) is 0 Å². The maximum atomic E-state index is 3.93. The summed E-state index contributed by atoms with van der Waals surface area (Å²) in [6.07, 6.45) is 1.16. The molecule has 17 heavy (non-hydrogen) atoms. The van der Waals surface area contributed by atoms with Crippen LogP contribution < -0.4 is 0 Å². The fourth-order valence-corrected chi connectivity index (χ4v) is 30.3. The van der Waals surface area contributed by atoms with Gasteiger partial charge in [-0.3, -0.25) is 0 Å². The first kappa shape index (κ1) is 15.9. The molecule has 98 valence electrons. The average Bonchev–Trinajstić information content (AvgIpc) is 2.11. The zero-order valence-electron chi connectivity index (χ0n) is 8.03. The molecule has 4 aliphatic rings. The van der Waals surface area contributed by atoms with Gasteiger partial charge in [0.2, 0.25) is 0 Å². The van der Waals surface area contributed by atoms with Crippen molar-refractivity contribution >= 4 is 134 Å². The highest BCUT2D eigenvalue weighted by molar-refractivity contribution is 9.21. The van der Waals surface area contributed by atoms with Crippen LogP contribution in [0.2, 0.25) is 0 Å². The summed E-state index contributed by atoms with van der Waals surface area (Å²) in [5.74, 6) is 0. The highest BCUT2D eigenvalue weighted by atomic mass is 79.9. The van der Waals surface area contributed by atoms with Crippen molar-refractivity contribution in [1.29, 1.82) is 0 Å². The molecule has 4 fully saturated rings. The van der Waals surface area contributed by atoms with E-state index in [2.05, 4.69) is 99.0 Å². The van der Waals surface area contributed by atoms with Crippen LogP contribution in [-0.2, 0) is 0 Å². The fourth-order valence-electron chi connectivity index (χ4n) is 1.60. The molecule has 0 aromatic carbocycles. The molecule has 0 aromatic heterocycles. The minimum atomic E-state index is 0.112. The second kappa shape index (κ2) is 5.58. The third-order valence-corrected chi connectivity index (χ3v) is 18.2. The first-order chi connectivity index (χ1) is 7.89. The summed E-state index contributed by atoms with van der Waals surface area (Å²) in [7, 11) is 0. The molecule has 0 saturated carbocycles. The first-order valence-electron chi connectivity index (χ1n) is 4.60. The van der Waals surface area contributed by atoms with Crippen LogP contribution in [0.5, 0.6) is 0 Å². The fraction of sp³-hybridized carbons (Fsp3) is 1.00. The van der Waals surface area contributed by atoms with E-state index in [4.69, 9.17) is 0 Å². The number of thioether (sulfide) groups is 6. The molecule has 0 N–H and O–H groups in total. The summed E-state index contributed by atoms with van der Waals surface area (Å²) in [6.45, 7) is 0. The molecule has 3 unspecified atom stereocenters. The molecule has 0 amide bonds. The van der Waals surface area contributed by atoms with Crippen LogP contribution in [0.3, 0.4) is 0 Å². The lowest BCUT2D eigenvalue weighted by atomic mass is 10.4. The van der Waals surface area contributed by atoms with Gasteiger partial charge in [-0.2, -0.15) is 0 Å². The van der Waals surface area contributed by atoms with Crippen LogP contribution in [0.25, 0.3) is 0 Å². The molecule has 10 heteroatoms. The quantitative estimate of drug-likeness (QED) is 0.320. The van der Waals surface area contributed by atoms with Gasteiger partial charge in [-0.05, 0) is 38.3 Å². The van der Waals surface area contributed by atoms with Crippen molar-refractivity contribution in [2.75, 3.05) is 5.33 Å². The molecule has 4 rings (SSSR count). The van der Waals surface area contributed by atoms with Gasteiger partial charge in [-0.25, -0.2) is 0 Å². The summed E-state index contributed by atoms with van der Waals surface area (Å²) < 4.78 is 1.06. The van der Waals surface area contributed by atoms with E-state index < -0.39 is 0 Å². The summed E-state index contributed by atoms with van der Waals surface area (Å²) in [5, 5.41) is 1.05. The van der Waals surface area contributed by atoms with Gasteiger partial charge in [0.1, 0.15) is 7.33 Å². The van der Waals surface area contributed by atoms with Gasteiger partial charge in [0.05, 0.1) is 0 Å².